The van der Waals surface area contributed by atoms with Crippen molar-refractivity contribution >= 4 is 5.78 Å². The minimum Gasteiger partial charge on any atom is -0.289 e. The number of carbonyl (C=O) groups is 1. The van der Waals surface area contributed by atoms with Gasteiger partial charge in [-0.15, -0.1) is 0 Å². The van der Waals surface area contributed by atoms with Gasteiger partial charge in [-0.2, -0.15) is 0 Å². The van der Waals surface area contributed by atoms with E-state index < -0.39 is 0 Å². The molecule has 0 amide bonds. The van der Waals surface area contributed by atoms with E-state index in [1.165, 1.54) is 11.1 Å². The van der Waals surface area contributed by atoms with Crippen molar-refractivity contribution in [3.05, 3.63) is 70.8 Å². The fraction of sp³-hybridized carbons (Fsp3) is 0.235. The summed E-state index contributed by atoms with van der Waals surface area (Å²) in [6.07, 6.45) is 0. The van der Waals surface area contributed by atoms with Crippen LogP contribution >= 0.6 is 0 Å². The fourth-order valence-corrected chi connectivity index (χ4v) is 2.16. The molecule has 1 nitrogen and oxygen atoms in total. The fourth-order valence-electron chi connectivity index (χ4n) is 2.16. The quantitative estimate of drug-likeness (QED) is 0.726. The highest BCUT2D eigenvalue weighted by atomic mass is 16.1. The molecule has 0 aliphatic heterocycles. The van der Waals surface area contributed by atoms with E-state index in [1.807, 2.05) is 48.5 Å². The number of aryl methyl sites for hydroxylation is 1. The Morgan fingerprint density at radius 2 is 1.61 bits per heavy atom. The van der Waals surface area contributed by atoms with Gasteiger partial charge in [0.2, 0.25) is 0 Å². The second-order valence-corrected chi connectivity index (χ2v) is 4.92. The highest BCUT2D eigenvalue weighted by Crippen LogP contribution is 2.21. The predicted molar refractivity (Wildman–Crippen MR) is 75.1 cm³/mol. The van der Waals surface area contributed by atoms with E-state index in [1.54, 1.807) is 0 Å². The summed E-state index contributed by atoms with van der Waals surface area (Å²) in [6, 6.07) is 15.4. The molecule has 0 fully saturated rings. The third-order valence-corrected chi connectivity index (χ3v) is 3.20. The van der Waals surface area contributed by atoms with Crippen LogP contribution in [0.5, 0.6) is 0 Å². The van der Waals surface area contributed by atoms with Crippen LogP contribution < -0.4 is 0 Å². The van der Waals surface area contributed by atoms with Gasteiger partial charge < -0.3 is 0 Å². The highest BCUT2D eigenvalue weighted by molar-refractivity contribution is 6.09. The molecule has 18 heavy (non-hydrogen) atoms. The highest BCUT2D eigenvalue weighted by Gasteiger charge is 2.11. The normalized spacial score (nSPS) is 10.7. The third kappa shape index (κ3) is 2.51. The monoisotopic (exact) mass is 238 g/mol. The first-order valence-corrected chi connectivity index (χ1v) is 6.30. The molecule has 0 atom stereocenters. The van der Waals surface area contributed by atoms with Crippen LogP contribution in [-0.2, 0) is 0 Å². The summed E-state index contributed by atoms with van der Waals surface area (Å²) < 4.78 is 0. The SMILES string of the molecule is Cc1ccc(C(=O)c2ccccc2)cc1C(C)C. The van der Waals surface area contributed by atoms with Crippen molar-refractivity contribution < 1.29 is 4.79 Å². The zero-order valence-electron chi connectivity index (χ0n) is 11.1. The zero-order chi connectivity index (χ0) is 13.1. The van der Waals surface area contributed by atoms with Crippen molar-refractivity contribution in [2.24, 2.45) is 0 Å². The van der Waals surface area contributed by atoms with Crippen molar-refractivity contribution in [3.63, 3.8) is 0 Å². The molecule has 0 aliphatic carbocycles. The molecule has 92 valence electrons. The molecule has 0 aromatic heterocycles. The number of ketones is 1. The van der Waals surface area contributed by atoms with Crippen LogP contribution in [0.3, 0.4) is 0 Å². The predicted octanol–water partition coefficient (Wildman–Crippen LogP) is 4.35. The molecule has 0 saturated heterocycles. The first-order chi connectivity index (χ1) is 8.59. The van der Waals surface area contributed by atoms with E-state index in [-0.39, 0.29) is 5.78 Å². The maximum atomic E-state index is 12.3. The van der Waals surface area contributed by atoms with E-state index >= 15 is 0 Å². The molecule has 0 N–H and O–H groups in total. The average Bonchev–Trinajstić information content (AvgIpc) is 2.39. The first-order valence-electron chi connectivity index (χ1n) is 6.30. The Kier molecular flexibility index (Phi) is 3.61. The standard InChI is InChI=1S/C17H18O/c1-12(2)16-11-15(10-9-13(16)3)17(18)14-7-5-4-6-8-14/h4-12H,1-3H3. The van der Waals surface area contributed by atoms with E-state index in [0.717, 1.165) is 11.1 Å². The number of rotatable bonds is 3. The van der Waals surface area contributed by atoms with E-state index in [4.69, 9.17) is 0 Å². The van der Waals surface area contributed by atoms with Gasteiger partial charge in [0.15, 0.2) is 5.78 Å². The van der Waals surface area contributed by atoms with Crippen LogP contribution in [0.15, 0.2) is 48.5 Å². The molecule has 0 heterocycles. The Balaban J connectivity index is 2.41. The van der Waals surface area contributed by atoms with E-state index in [2.05, 4.69) is 20.8 Å². The lowest BCUT2D eigenvalue weighted by molar-refractivity contribution is 0.103. The molecule has 0 aliphatic rings. The molecule has 0 radical (unpaired) electrons. The van der Waals surface area contributed by atoms with Crippen LogP contribution in [0.1, 0.15) is 46.8 Å². The molecule has 0 saturated carbocycles. The summed E-state index contributed by atoms with van der Waals surface area (Å²) in [5, 5.41) is 0. The second kappa shape index (κ2) is 5.18. The van der Waals surface area contributed by atoms with Crippen molar-refractivity contribution in [2.45, 2.75) is 26.7 Å². The van der Waals surface area contributed by atoms with Crippen molar-refractivity contribution in [1.82, 2.24) is 0 Å². The lowest BCUT2D eigenvalue weighted by atomic mass is 9.93. The van der Waals surface area contributed by atoms with Gasteiger partial charge in [-0.25, -0.2) is 0 Å². The minimum atomic E-state index is 0.0949. The summed E-state index contributed by atoms with van der Waals surface area (Å²) in [5.41, 5.74) is 4.01. The lowest BCUT2D eigenvalue weighted by Gasteiger charge is -2.11. The zero-order valence-corrected chi connectivity index (χ0v) is 11.1. The Morgan fingerprint density at radius 1 is 0.944 bits per heavy atom. The number of carbonyl (C=O) groups excluding carboxylic acids is 1. The van der Waals surface area contributed by atoms with Gasteiger partial charge in [0.05, 0.1) is 0 Å². The topological polar surface area (TPSA) is 17.1 Å². The van der Waals surface area contributed by atoms with Gasteiger partial charge in [-0.3, -0.25) is 4.79 Å². The maximum Gasteiger partial charge on any atom is 0.193 e. The third-order valence-electron chi connectivity index (χ3n) is 3.20. The van der Waals surface area contributed by atoms with Gasteiger partial charge in [-0.05, 0) is 30.0 Å². The molecule has 0 spiro atoms. The van der Waals surface area contributed by atoms with Crippen LogP contribution in [-0.4, -0.2) is 5.78 Å². The van der Waals surface area contributed by atoms with Crippen molar-refractivity contribution in [3.8, 4) is 0 Å². The van der Waals surface area contributed by atoms with Crippen LogP contribution in [0.4, 0.5) is 0 Å². The summed E-state index contributed by atoms with van der Waals surface area (Å²) in [6.45, 7) is 6.39. The molecule has 0 bridgehead atoms. The lowest BCUT2D eigenvalue weighted by Crippen LogP contribution is -2.03. The Morgan fingerprint density at radius 3 is 2.22 bits per heavy atom. The number of benzene rings is 2. The molecule has 1 heteroatoms. The average molecular weight is 238 g/mol. The molecule has 2 aromatic rings. The largest absolute Gasteiger partial charge is 0.289 e. The van der Waals surface area contributed by atoms with E-state index in [0.29, 0.717) is 5.92 Å². The summed E-state index contributed by atoms with van der Waals surface area (Å²) >= 11 is 0. The Hall–Kier alpha value is -1.89. The smallest absolute Gasteiger partial charge is 0.193 e. The summed E-state index contributed by atoms with van der Waals surface area (Å²) in [7, 11) is 0. The first kappa shape index (κ1) is 12.6. The van der Waals surface area contributed by atoms with Gasteiger partial charge in [0.1, 0.15) is 0 Å². The van der Waals surface area contributed by atoms with Crippen LogP contribution in [0.2, 0.25) is 0 Å². The van der Waals surface area contributed by atoms with Crippen LogP contribution in [0, 0.1) is 6.92 Å². The van der Waals surface area contributed by atoms with Gasteiger partial charge in [0, 0.05) is 11.1 Å². The maximum absolute atomic E-state index is 12.3. The van der Waals surface area contributed by atoms with Crippen LogP contribution in [0.25, 0.3) is 0 Å². The van der Waals surface area contributed by atoms with Crippen molar-refractivity contribution in [1.29, 1.82) is 0 Å². The summed E-state index contributed by atoms with van der Waals surface area (Å²) in [5.74, 6) is 0.533. The summed E-state index contributed by atoms with van der Waals surface area (Å²) in [4.78, 5) is 12.3. The Bertz CT molecular complexity index is 553. The molecular weight excluding hydrogens is 220 g/mol. The number of hydrogen-bond acceptors (Lipinski definition) is 1. The van der Waals surface area contributed by atoms with Gasteiger partial charge in [-0.1, -0.05) is 56.3 Å². The minimum absolute atomic E-state index is 0.0949. The van der Waals surface area contributed by atoms with Crippen molar-refractivity contribution in [2.75, 3.05) is 0 Å². The molecule has 2 aromatic carbocycles. The van der Waals surface area contributed by atoms with Gasteiger partial charge >= 0.3 is 0 Å². The van der Waals surface area contributed by atoms with Gasteiger partial charge in [0.25, 0.3) is 0 Å². The van der Waals surface area contributed by atoms with E-state index in [9.17, 15) is 4.79 Å². The molecule has 2 rings (SSSR count). The Labute approximate surface area is 108 Å². The molecule has 0 unspecified atom stereocenters. The number of hydrogen-bond donors (Lipinski definition) is 0. The second-order valence-electron chi connectivity index (χ2n) is 4.92. The molecular formula is C17H18O.